The van der Waals surface area contributed by atoms with Gasteiger partial charge >= 0.3 is 0 Å². The SMILES string of the molecule is Cc1ccc2c(c1)C(c1ccc(F)cc1)N(C(=O)C1CCCC1)CC(=O)N2. The molecule has 0 aromatic heterocycles. The Morgan fingerprint density at radius 1 is 1.11 bits per heavy atom. The molecule has 2 amide bonds. The summed E-state index contributed by atoms with van der Waals surface area (Å²) in [4.78, 5) is 27.5. The fraction of sp³-hybridized carbons (Fsp3) is 0.364. The van der Waals surface area contributed by atoms with Crippen LogP contribution in [-0.4, -0.2) is 23.3 Å². The first-order chi connectivity index (χ1) is 13.0. The van der Waals surface area contributed by atoms with Crippen LogP contribution in [0.2, 0.25) is 0 Å². The highest BCUT2D eigenvalue weighted by Gasteiger charge is 2.37. The van der Waals surface area contributed by atoms with Crippen LogP contribution < -0.4 is 5.32 Å². The zero-order chi connectivity index (χ0) is 19.0. The van der Waals surface area contributed by atoms with Crippen molar-refractivity contribution in [1.29, 1.82) is 0 Å². The molecule has 27 heavy (non-hydrogen) atoms. The van der Waals surface area contributed by atoms with Crippen molar-refractivity contribution in [3.63, 3.8) is 0 Å². The molecule has 1 aliphatic heterocycles. The molecule has 0 spiro atoms. The van der Waals surface area contributed by atoms with Crippen LogP contribution in [-0.2, 0) is 9.59 Å². The summed E-state index contributed by atoms with van der Waals surface area (Å²) in [6.45, 7) is 1.99. The number of aryl methyl sites for hydroxylation is 1. The summed E-state index contributed by atoms with van der Waals surface area (Å²) in [5, 5.41) is 2.93. The normalized spacial score (nSPS) is 20.1. The van der Waals surface area contributed by atoms with Gasteiger partial charge in [-0.05, 0) is 43.5 Å². The molecule has 1 saturated carbocycles. The van der Waals surface area contributed by atoms with E-state index in [-0.39, 0.29) is 30.1 Å². The van der Waals surface area contributed by atoms with E-state index in [1.54, 1.807) is 17.0 Å². The maximum atomic E-state index is 13.5. The average Bonchev–Trinajstić information content (AvgIpc) is 3.14. The van der Waals surface area contributed by atoms with Crippen LogP contribution in [0.1, 0.15) is 48.4 Å². The van der Waals surface area contributed by atoms with Crippen molar-refractivity contribution >= 4 is 17.5 Å². The second-order valence-electron chi connectivity index (χ2n) is 7.54. The molecule has 1 heterocycles. The molecule has 0 bridgehead atoms. The van der Waals surface area contributed by atoms with E-state index in [1.807, 2.05) is 25.1 Å². The van der Waals surface area contributed by atoms with E-state index in [4.69, 9.17) is 0 Å². The number of rotatable bonds is 2. The first-order valence-corrected chi connectivity index (χ1v) is 9.49. The Morgan fingerprint density at radius 3 is 2.52 bits per heavy atom. The van der Waals surface area contributed by atoms with Crippen LogP contribution in [0.15, 0.2) is 42.5 Å². The standard InChI is InChI=1S/C22H23FN2O2/c1-14-6-11-19-18(12-14)21(15-7-9-17(23)10-8-15)25(13-20(26)24-19)22(27)16-4-2-3-5-16/h6-12,16,21H,2-5,13H2,1H3,(H,24,26). The van der Waals surface area contributed by atoms with Crippen LogP contribution >= 0.6 is 0 Å². The van der Waals surface area contributed by atoms with Gasteiger partial charge in [-0.3, -0.25) is 9.59 Å². The third kappa shape index (κ3) is 3.46. The smallest absolute Gasteiger partial charge is 0.244 e. The lowest BCUT2D eigenvalue weighted by molar-refractivity contribution is -0.139. The summed E-state index contributed by atoms with van der Waals surface area (Å²) >= 11 is 0. The molecule has 5 heteroatoms. The zero-order valence-electron chi connectivity index (χ0n) is 15.4. The average molecular weight is 366 g/mol. The number of nitrogens with one attached hydrogen (secondary N) is 1. The van der Waals surface area contributed by atoms with Gasteiger partial charge < -0.3 is 10.2 Å². The molecule has 1 unspecified atom stereocenters. The molecule has 4 nitrogen and oxygen atoms in total. The van der Waals surface area contributed by atoms with Crippen molar-refractivity contribution < 1.29 is 14.0 Å². The van der Waals surface area contributed by atoms with Crippen LogP contribution in [0.3, 0.4) is 0 Å². The predicted molar refractivity (Wildman–Crippen MR) is 102 cm³/mol. The summed E-state index contributed by atoms with van der Waals surface area (Å²) < 4.78 is 13.5. The number of halogens is 1. The Labute approximate surface area is 158 Å². The van der Waals surface area contributed by atoms with Gasteiger partial charge in [0, 0.05) is 17.2 Å². The highest BCUT2D eigenvalue weighted by molar-refractivity contribution is 5.97. The van der Waals surface area contributed by atoms with Gasteiger partial charge in [-0.2, -0.15) is 0 Å². The zero-order valence-corrected chi connectivity index (χ0v) is 15.4. The van der Waals surface area contributed by atoms with Crippen molar-refractivity contribution in [2.75, 3.05) is 11.9 Å². The molecule has 2 aliphatic rings. The van der Waals surface area contributed by atoms with Gasteiger partial charge in [0.1, 0.15) is 12.4 Å². The number of carbonyl (C=O) groups is 2. The summed E-state index contributed by atoms with van der Waals surface area (Å²) in [7, 11) is 0. The van der Waals surface area contributed by atoms with E-state index in [0.29, 0.717) is 5.69 Å². The number of hydrogen-bond acceptors (Lipinski definition) is 2. The summed E-state index contributed by atoms with van der Waals surface area (Å²) in [6.07, 6.45) is 3.84. The monoisotopic (exact) mass is 366 g/mol. The third-order valence-electron chi connectivity index (χ3n) is 5.57. The van der Waals surface area contributed by atoms with Crippen molar-refractivity contribution in [2.45, 2.75) is 38.6 Å². The van der Waals surface area contributed by atoms with Crippen molar-refractivity contribution in [3.05, 3.63) is 65.0 Å². The summed E-state index contributed by atoms with van der Waals surface area (Å²) in [5.41, 5.74) is 3.44. The highest BCUT2D eigenvalue weighted by atomic mass is 19.1. The number of amides is 2. The first-order valence-electron chi connectivity index (χ1n) is 9.49. The van der Waals surface area contributed by atoms with E-state index in [0.717, 1.165) is 42.4 Å². The van der Waals surface area contributed by atoms with E-state index in [9.17, 15) is 14.0 Å². The highest BCUT2D eigenvalue weighted by Crippen LogP contribution is 2.38. The summed E-state index contributed by atoms with van der Waals surface area (Å²) in [6, 6.07) is 11.6. The van der Waals surface area contributed by atoms with E-state index in [2.05, 4.69) is 5.32 Å². The molecular formula is C22H23FN2O2. The molecular weight excluding hydrogens is 343 g/mol. The number of nitrogens with zero attached hydrogens (tertiary/aromatic N) is 1. The molecule has 0 saturated heterocycles. The lowest BCUT2D eigenvalue weighted by Crippen LogP contribution is -2.41. The van der Waals surface area contributed by atoms with Gasteiger partial charge in [-0.1, -0.05) is 42.7 Å². The number of fused-ring (bicyclic) bond motifs is 1. The topological polar surface area (TPSA) is 49.4 Å². The van der Waals surface area contributed by atoms with E-state index >= 15 is 0 Å². The lowest BCUT2D eigenvalue weighted by atomic mass is 9.93. The number of carbonyl (C=O) groups excluding carboxylic acids is 2. The maximum Gasteiger partial charge on any atom is 0.244 e. The lowest BCUT2D eigenvalue weighted by Gasteiger charge is -2.32. The second kappa shape index (κ2) is 7.14. The van der Waals surface area contributed by atoms with E-state index < -0.39 is 6.04 Å². The molecule has 140 valence electrons. The third-order valence-corrected chi connectivity index (χ3v) is 5.57. The van der Waals surface area contributed by atoms with Gasteiger partial charge in [0.2, 0.25) is 11.8 Å². The molecule has 1 fully saturated rings. The van der Waals surface area contributed by atoms with Crippen LogP contribution in [0, 0.1) is 18.7 Å². The quantitative estimate of drug-likeness (QED) is 0.866. The molecule has 1 N–H and O–H groups in total. The summed E-state index contributed by atoms with van der Waals surface area (Å²) in [5.74, 6) is -0.533. The first kappa shape index (κ1) is 17.7. The van der Waals surface area contributed by atoms with Crippen molar-refractivity contribution in [2.24, 2.45) is 5.92 Å². The predicted octanol–water partition coefficient (Wildman–Crippen LogP) is 4.19. The largest absolute Gasteiger partial charge is 0.324 e. The molecule has 4 rings (SSSR count). The Morgan fingerprint density at radius 2 is 1.81 bits per heavy atom. The Hall–Kier alpha value is -2.69. The fourth-order valence-electron chi connectivity index (χ4n) is 4.24. The minimum absolute atomic E-state index is 0.00506. The van der Waals surface area contributed by atoms with Crippen LogP contribution in [0.5, 0.6) is 0 Å². The second-order valence-corrected chi connectivity index (χ2v) is 7.54. The minimum Gasteiger partial charge on any atom is -0.324 e. The Balaban J connectivity index is 1.85. The Bertz CT molecular complexity index is 872. The van der Waals surface area contributed by atoms with Gasteiger partial charge in [0.25, 0.3) is 0 Å². The number of hydrogen-bond donors (Lipinski definition) is 1. The molecule has 1 atom stereocenters. The molecule has 0 radical (unpaired) electrons. The number of anilines is 1. The molecule has 2 aromatic carbocycles. The number of benzene rings is 2. The van der Waals surface area contributed by atoms with E-state index in [1.165, 1.54) is 12.1 Å². The van der Waals surface area contributed by atoms with Crippen molar-refractivity contribution in [1.82, 2.24) is 4.90 Å². The molecule has 1 aliphatic carbocycles. The van der Waals surface area contributed by atoms with Crippen LogP contribution in [0.25, 0.3) is 0 Å². The van der Waals surface area contributed by atoms with Gasteiger partial charge in [-0.25, -0.2) is 4.39 Å². The molecule has 2 aromatic rings. The Kier molecular flexibility index (Phi) is 4.68. The minimum atomic E-state index is -0.410. The van der Waals surface area contributed by atoms with Gasteiger partial charge in [0.05, 0.1) is 6.04 Å². The van der Waals surface area contributed by atoms with Gasteiger partial charge in [0.15, 0.2) is 0 Å². The maximum absolute atomic E-state index is 13.5. The fourth-order valence-corrected chi connectivity index (χ4v) is 4.24. The van der Waals surface area contributed by atoms with Crippen molar-refractivity contribution in [3.8, 4) is 0 Å². The van der Waals surface area contributed by atoms with Gasteiger partial charge in [-0.15, -0.1) is 0 Å². The van der Waals surface area contributed by atoms with Crippen LogP contribution in [0.4, 0.5) is 10.1 Å².